The fourth-order valence-corrected chi connectivity index (χ4v) is 9.77. The molecule has 3 aromatic heterocycles. The summed E-state index contributed by atoms with van der Waals surface area (Å²) in [5, 5.41) is 0. The summed E-state index contributed by atoms with van der Waals surface area (Å²) in [7, 11) is 1.28. The number of aryl methyl sites for hydroxylation is 2. The second kappa shape index (κ2) is 22.7. The number of hydrogen-bond donors (Lipinski definition) is 0. The Morgan fingerprint density at radius 2 is 1.27 bits per heavy atom. The maximum atomic E-state index is 14.4. The van der Waals surface area contributed by atoms with Gasteiger partial charge in [0, 0.05) is 64.0 Å². The van der Waals surface area contributed by atoms with Crippen LogP contribution in [0.1, 0.15) is 210 Å². The van der Waals surface area contributed by atoms with E-state index < -0.39 is 11.9 Å². The summed E-state index contributed by atoms with van der Waals surface area (Å²) in [6.45, 7) is 22.5. The number of nitrogens with zero attached hydrogens (tertiary/aromatic N) is 4. The molecule has 8 bridgehead atoms. The van der Waals surface area contributed by atoms with E-state index in [1.807, 2.05) is 45.0 Å². The summed E-state index contributed by atoms with van der Waals surface area (Å²) in [5.41, 5.74) is 13.1. The molecule has 0 N–H and O–H groups in total. The third-order valence-corrected chi connectivity index (χ3v) is 13.8. The van der Waals surface area contributed by atoms with Crippen molar-refractivity contribution in [1.29, 1.82) is 0 Å². The van der Waals surface area contributed by atoms with E-state index in [2.05, 4.69) is 66.7 Å². The van der Waals surface area contributed by atoms with E-state index in [-0.39, 0.29) is 77.3 Å². The van der Waals surface area contributed by atoms with Gasteiger partial charge in [-0.1, -0.05) is 90.6 Å². The Bertz CT molecular complexity index is 2660. The number of rotatable bonds is 17. The number of Topliss-reactive ketones (excluding diaryl/α,β-unsaturated/α-hetero) is 2. The van der Waals surface area contributed by atoms with Gasteiger partial charge in [0.2, 0.25) is 0 Å². The number of carbonyl (C=O) groups excluding carboxylic acids is 4. The van der Waals surface area contributed by atoms with E-state index >= 15 is 0 Å². The molecule has 66 heavy (non-hydrogen) atoms. The van der Waals surface area contributed by atoms with Crippen LogP contribution in [-0.2, 0) is 19.1 Å². The van der Waals surface area contributed by atoms with Crippen LogP contribution in [0.15, 0.2) is 64.8 Å². The van der Waals surface area contributed by atoms with Crippen LogP contribution < -0.4 is 9.97 Å². The molecule has 11 heteroatoms. The quantitative estimate of drug-likeness (QED) is 0.0422. The van der Waals surface area contributed by atoms with Gasteiger partial charge < -0.3 is 19.4 Å². The van der Waals surface area contributed by atoms with Gasteiger partial charge in [-0.05, 0) is 118 Å². The minimum atomic E-state index is -1.25. The molecule has 0 spiro atoms. The molecule has 3 aliphatic rings. The Morgan fingerprint density at radius 3 is 1.88 bits per heavy atom. The molecule has 10 nitrogen and oxygen atoms in total. The molecule has 0 aromatic carbocycles. The maximum Gasteiger partial charge on any atom is 2.00 e. The zero-order valence-corrected chi connectivity index (χ0v) is 42.9. The van der Waals surface area contributed by atoms with E-state index in [4.69, 9.17) is 29.4 Å². The van der Waals surface area contributed by atoms with Crippen molar-refractivity contribution in [3.63, 3.8) is 0 Å². The van der Waals surface area contributed by atoms with E-state index in [0.717, 1.165) is 67.5 Å². The topological polar surface area (TPSA) is 141 Å². The van der Waals surface area contributed by atoms with E-state index in [9.17, 15) is 19.2 Å². The number of ether oxygens (including phenoxy) is 2. The van der Waals surface area contributed by atoms with Crippen molar-refractivity contribution in [2.75, 3.05) is 13.7 Å². The van der Waals surface area contributed by atoms with Crippen molar-refractivity contribution < 1.29 is 28.7 Å². The molecule has 0 unspecified atom stereocenters. The molecule has 5 heterocycles. The Balaban J connectivity index is 0.00000817. The molecule has 0 saturated carbocycles. The van der Waals surface area contributed by atoms with Crippen molar-refractivity contribution >= 4 is 68.6 Å². The summed E-state index contributed by atoms with van der Waals surface area (Å²) in [6, 6.07) is 5.77. The average Bonchev–Trinajstić information content (AvgIpc) is 4.00. The van der Waals surface area contributed by atoms with Gasteiger partial charge in [-0.3, -0.25) is 29.1 Å². The number of esters is 2. The SMILES string of the molecule is CC[C@H]1c2cc3[n-]c4c(c3C)C(=O)[C@H](C(=O)OC)c4c3nc(cc4[n-]c(cc(n2)[C@@H]1C)c(C(C)=O)c4C)[C@@H](C)[C@@H]3CCC(=O)OC/C=C(\C)CC/C=C(\C)CC/C=C(\C)CCC=C(C)C.[Mg+2]. The van der Waals surface area contributed by atoms with Crippen LogP contribution in [0.5, 0.6) is 0 Å². The first-order valence-corrected chi connectivity index (χ1v) is 23.5. The van der Waals surface area contributed by atoms with Crippen molar-refractivity contribution in [2.45, 2.75) is 164 Å². The standard InChI is InChI=1S/C55H69N4O6.Mg/c1-13-39-34(7)41-29-46-48(38(11)60)36(9)43(57-46)27-42-35(8)40(52(58-42)50-51(55(63)64-12)54(62)49-37(10)44(59-53(49)50)28-45(39)56-41)23-24-47(61)65-26-25-33(6)22-16-21-32(5)20-15-19-31(4)18-14-17-30(2)3;/h17,19,21,25,27-29,34-35,39-40,51H,13-16,18,20,22-24,26H2,1-12H3,(H-,56,57,58,59,60,62);/q-1;+2/p-1/b31-19+,32-21+,33-25+;/t34-,35+,39-,40+,51-;/m1./s1. The third-order valence-electron chi connectivity index (χ3n) is 13.8. The van der Waals surface area contributed by atoms with Crippen LogP contribution in [0.2, 0.25) is 0 Å². The van der Waals surface area contributed by atoms with Crippen LogP contribution in [0.3, 0.4) is 0 Å². The summed E-state index contributed by atoms with van der Waals surface area (Å²) < 4.78 is 11.0. The molecular weight excluding hydrogens is 837 g/mol. The Morgan fingerprint density at radius 1 is 0.712 bits per heavy atom. The van der Waals surface area contributed by atoms with Crippen molar-refractivity contribution in [3.05, 3.63) is 115 Å². The van der Waals surface area contributed by atoms with Gasteiger partial charge in [0.05, 0.1) is 7.11 Å². The fourth-order valence-electron chi connectivity index (χ4n) is 9.77. The number of aromatic nitrogens is 4. The van der Waals surface area contributed by atoms with E-state index in [1.54, 1.807) is 6.92 Å². The molecule has 6 rings (SSSR count). The third kappa shape index (κ3) is 11.4. The normalized spacial score (nSPS) is 19.4. The molecule has 3 aromatic rings. The zero-order valence-electron chi connectivity index (χ0n) is 41.4. The summed E-state index contributed by atoms with van der Waals surface area (Å²) in [5.74, 6) is -3.26. The van der Waals surface area contributed by atoms with Crippen molar-refractivity contribution in [3.8, 4) is 0 Å². The van der Waals surface area contributed by atoms with Crippen LogP contribution in [0.25, 0.3) is 22.1 Å². The summed E-state index contributed by atoms with van der Waals surface area (Å²) in [4.78, 5) is 74.9. The molecule has 346 valence electrons. The van der Waals surface area contributed by atoms with Crippen LogP contribution in [0, 0.1) is 13.8 Å². The smallest absolute Gasteiger partial charge is 0.657 e. The number of allylic oxidation sites excluding steroid dienone is 7. The number of methoxy groups -OCH3 is 1. The number of ketones is 2. The molecular formula is C55H68MgN4O6. The fraction of sp³-hybridized carbons (Fsp3) is 0.491. The predicted octanol–water partition coefficient (Wildman–Crippen LogP) is 12.1. The van der Waals surface area contributed by atoms with Crippen molar-refractivity contribution in [1.82, 2.24) is 19.9 Å². The first-order valence-electron chi connectivity index (χ1n) is 23.5. The Labute approximate surface area is 407 Å². The number of fused-ring (bicyclic) bond motifs is 8. The molecule has 1 aliphatic carbocycles. The van der Waals surface area contributed by atoms with E-state index in [0.29, 0.717) is 62.1 Å². The number of carbonyl (C=O) groups is 4. The first-order chi connectivity index (χ1) is 30.9. The van der Waals surface area contributed by atoms with Crippen LogP contribution in [-0.4, -0.2) is 70.2 Å². The van der Waals surface area contributed by atoms with E-state index in [1.165, 1.54) is 23.8 Å². The van der Waals surface area contributed by atoms with Gasteiger partial charge in [0.1, 0.15) is 12.5 Å². The molecule has 2 aliphatic heterocycles. The summed E-state index contributed by atoms with van der Waals surface area (Å²) in [6.07, 6.45) is 16.3. The molecule has 0 saturated heterocycles. The average molecular weight is 905 g/mol. The van der Waals surface area contributed by atoms with Gasteiger partial charge in [-0.2, -0.15) is 0 Å². The van der Waals surface area contributed by atoms with Gasteiger partial charge in [0.15, 0.2) is 11.6 Å². The minimum absolute atomic E-state index is 0. The van der Waals surface area contributed by atoms with Gasteiger partial charge in [0.25, 0.3) is 0 Å². The van der Waals surface area contributed by atoms with Gasteiger partial charge in [-0.25, -0.2) is 0 Å². The maximum absolute atomic E-state index is 14.4. The monoisotopic (exact) mass is 904 g/mol. The summed E-state index contributed by atoms with van der Waals surface area (Å²) >= 11 is 0. The Kier molecular flexibility index (Phi) is 18.0. The molecule has 0 amide bonds. The van der Waals surface area contributed by atoms with Crippen molar-refractivity contribution in [2.24, 2.45) is 0 Å². The van der Waals surface area contributed by atoms with Crippen LogP contribution >= 0.6 is 0 Å². The zero-order chi connectivity index (χ0) is 47.3. The Hall–Kier alpha value is -4.87. The van der Waals surface area contributed by atoms with Crippen LogP contribution in [0.4, 0.5) is 0 Å². The molecule has 5 atom stereocenters. The van der Waals surface area contributed by atoms with Gasteiger partial charge in [-0.15, -0.1) is 22.1 Å². The minimum Gasteiger partial charge on any atom is -0.657 e. The molecule has 0 radical (unpaired) electrons. The molecule has 0 fully saturated rings. The second-order valence-electron chi connectivity index (χ2n) is 18.8. The predicted molar refractivity (Wildman–Crippen MR) is 264 cm³/mol. The van der Waals surface area contributed by atoms with Gasteiger partial charge >= 0.3 is 35.0 Å². The first kappa shape index (κ1) is 52.1. The second-order valence-corrected chi connectivity index (χ2v) is 18.8. The number of hydrogen-bond acceptors (Lipinski definition) is 8. The largest absolute Gasteiger partial charge is 2.00 e.